The first kappa shape index (κ1) is 20.2. The van der Waals surface area contributed by atoms with Crippen LogP contribution in [0.1, 0.15) is 31.5 Å². The number of nitrogens with one attached hydrogen (secondary N) is 1. The summed E-state index contributed by atoms with van der Waals surface area (Å²) in [5, 5.41) is 12.1. The van der Waals surface area contributed by atoms with Gasteiger partial charge in [-0.1, -0.05) is 37.3 Å². The summed E-state index contributed by atoms with van der Waals surface area (Å²) in [5.74, 6) is -5.23. The van der Waals surface area contributed by atoms with Crippen LogP contribution in [0.2, 0.25) is 0 Å². The lowest BCUT2D eigenvalue weighted by Crippen LogP contribution is -2.46. The highest BCUT2D eigenvalue weighted by atomic mass is 19.3. The Labute approximate surface area is 174 Å². The maximum absolute atomic E-state index is 14.6. The molecule has 1 aromatic heterocycles. The maximum atomic E-state index is 14.6. The average Bonchev–Trinajstić information content (AvgIpc) is 3.01. The van der Waals surface area contributed by atoms with Gasteiger partial charge in [-0.3, -0.25) is 9.78 Å². The molecule has 154 valence electrons. The molecule has 2 heterocycles. The van der Waals surface area contributed by atoms with Crippen LogP contribution >= 0.6 is 0 Å². The Morgan fingerprint density at radius 1 is 1.23 bits per heavy atom. The van der Waals surface area contributed by atoms with Crippen molar-refractivity contribution in [2.45, 2.75) is 32.2 Å². The molecule has 30 heavy (non-hydrogen) atoms. The van der Waals surface area contributed by atoms with Crippen molar-refractivity contribution in [3.8, 4) is 17.2 Å². The first-order valence-corrected chi connectivity index (χ1v) is 10.1. The third-order valence-electron chi connectivity index (χ3n) is 6.56. The summed E-state index contributed by atoms with van der Waals surface area (Å²) in [4.78, 5) is 16.6. The number of carbonyl (C=O) groups is 1. The van der Waals surface area contributed by atoms with Crippen LogP contribution in [-0.4, -0.2) is 22.9 Å². The minimum atomic E-state index is -2.88. The van der Waals surface area contributed by atoms with Crippen LogP contribution in [0.4, 0.5) is 8.78 Å². The van der Waals surface area contributed by atoms with Crippen molar-refractivity contribution in [3.63, 3.8) is 0 Å². The van der Waals surface area contributed by atoms with Gasteiger partial charge in [-0.2, -0.15) is 5.26 Å². The Hall–Kier alpha value is -3.07. The fourth-order valence-electron chi connectivity index (χ4n) is 4.88. The second kappa shape index (κ2) is 7.64. The molecule has 1 aliphatic heterocycles. The number of carbonyl (C=O) groups excluding carboxylic acids is 1. The van der Waals surface area contributed by atoms with Gasteiger partial charge in [0.2, 0.25) is 5.91 Å². The Bertz CT molecular complexity index is 1030. The minimum absolute atomic E-state index is 0.131. The molecular formula is C24H23F2N3O. The van der Waals surface area contributed by atoms with Crippen molar-refractivity contribution in [1.82, 2.24) is 10.3 Å². The zero-order valence-electron chi connectivity index (χ0n) is 16.8. The molecule has 4 rings (SSSR count). The minimum Gasteiger partial charge on any atom is -0.353 e. The molecule has 2 fully saturated rings. The molecule has 1 N–H and O–H groups in total. The van der Waals surface area contributed by atoms with Gasteiger partial charge in [0.05, 0.1) is 17.3 Å². The van der Waals surface area contributed by atoms with Crippen LogP contribution in [0.5, 0.6) is 0 Å². The van der Waals surface area contributed by atoms with E-state index in [1.54, 1.807) is 31.3 Å². The van der Waals surface area contributed by atoms with Gasteiger partial charge < -0.3 is 5.32 Å². The van der Waals surface area contributed by atoms with Crippen molar-refractivity contribution in [3.05, 3.63) is 59.9 Å². The molecule has 4 nitrogen and oxygen atoms in total. The number of pyridine rings is 1. The molecular weight excluding hydrogens is 384 g/mol. The van der Waals surface area contributed by atoms with E-state index in [-0.39, 0.29) is 24.3 Å². The summed E-state index contributed by atoms with van der Waals surface area (Å²) < 4.78 is 29.1. The monoisotopic (exact) mass is 407 g/mol. The van der Waals surface area contributed by atoms with Crippen molar-refractivity contribution >= 4 is 12.0 Å². The summed E-state index contributed by atoms with van der Waals surface area (Å²) in [5.41, 5.74) is 2.84. The van der Waals surface area contributed by atoms with Gasteiger partial charge in [-0.15, -0.1) is 0 Å². The molecule has 1 saturated heterocycles. The second-order valence-electron chi connectivity index (χ2n) is 8.30. The second-order valence-corrected chi connectivity index (χ2v) is 8.30. The predicted molar refractivity (Wildman–Crippen MR) is 110 cm³/mol. The molecule has 6 heteroatoms. The number of aromatic nitrogens is 1. The molecule has 0 unspecified atom stereocenters. The fourth-order valence-corrected chi connectivity index (χ4v) is 4.88. The molecule has 1 amide bonds. The number of nitrogens with zero attached hydrogens (tertiary/aromatic N) is 2. The number of fused-ring (bicyclic) bond motifs is 1. The van der Waals surface area contributed by atoms with Crippen LogP contribution in [0, 0.1) is 35.0 Å². The number of allylic oxidation sites excluding steroid dienone is 1. The van der Waals surface area contributed by atoms with Crippen molar-refractivity contribution < 1.29 is 13.6 Å². The zero-order valence-corrected chi connectivity index (χ0v) is 16.8. The van der Waals surface area contributed by atoms with E-state index in [1.807, 2.05) is 37.3 Å². The predicted octanol–water partition coefficient (Wildman–Crippen LogP) is 4.68. The highest BCUT2D eigenvalue weighted by molar-refractivity contribution is 5.82. The molecule has 0 radical (unpaired) electrons. The number of alkyl halides is 2. The van der Waals surface area contributed by atoms with E-state index in [2.05, 4.69) is 16.4 Å². The normalized spacial score (nSPS) is 30.0. The van der Waals surface area contributed by atoms with Crippen LogP contribution < -0.4 is 5.32 Å². The summed E-state index contributed by atoms with van der Waals surface area (Å²) in [6.07, 6.45) is 4.85. The number of benzene rings is 1. The fraction of sp³-hybridized carbons (Fsp3) is 0.375. The van der Waals surface area contributed by atoms with E-state index < -0.39 is 23.7 Å². The summed E-state index contributed by atoms with van der Waals surface area (Å²) in [6.45, 7) is 3.45. The number of rotatable bonds is 3. The quantitative estimate of drug-likeness (QED) is 0.804. The molecule has 1 aliphatic carbocycles. The third-order valence-corrected chi connectivity index (χ3v) is 6.56. The van der Waals surface area contributed by atoms with Crippen molar-refractivity contribution in [1.29, 1.82) is 5.26 Å². The summed E-state index contributed by atoms with van der Waals surface area (Å²) in [7, 11) is 0. The highest BCUT2D eigenvalue weighted by Crippen LogP contribution is 2.51. The number of amides is 1. The van der Waals surface area contributed by atoms with Crippen LogP contribution in [0.3, 0.4) is 0 Å². The first-order chi connectivity index (χ1) is 14.3. The molecule has 1 saturated carbocycles. The van der Waals surface area contributed by atoms with E-state index >= 15 is 0 Å². The van der Waals surface area contributed by atoms with Gasteiger partial charge in [0.25, 0.3) is 5.92 Å². The lowest BCUT2D eigenvalue weighted by molar-refractivity contribution is -0.144. The maximum Gasteiger partial charge on any atom is 0.252 e. The van der Waals surface area contributed by atoms with Gasteiger partial charge in [-0.05, 0) is 37.0 Å². The molecule has 0 bridgehead atoms. The van der Waals surface area contributed by atoms with Gasteiger partial charge in [0.1, 0.15) is 0 Å². The highest BCUT2D eigenvalue weighted by Gasteiger charge is 2.57. The standard InChI is InChI=1S/C24H23F2N3O/c1-14-19(22-15(2)29-23(30)21(22)11-24(14,25)26)10-9-18-8-7-17(13-28-18)20-6-4-3-5-16(20)12-27/h3-10,13-15,19,21-22H,11H2,1-2H3,(H,29,30)/t14-,15+,19-,21+,22-/m0/s1. The number of halogens is 2. The van der Waals surface area contributed by atoms with Gasteiger partial charge >= 0.3 is 0 Å². The Morgan fingerprint density at radius 2 is 2.00 bits per heavy atom. The number of hydrogen-bond donors (Lipinski definition) is 1. The molecule has 0 spiro atoms. The van der Waals surface area contributed by atoms with E-state index in [0.717, 1.165) is 11.1 Å². The summed E-state index contributed by atoms with van der Waals surface area (Å²) >= 11 is 0. The Morgan fingerprint density at radius 3 is 2.70 bits per heavy atom. The zero-order chi connectivity index (χ0) is 21.5. The third kappa shape index (κ3) is 3.49. The van der Waals surface area contributed by atoms with Crippen molar-refractivity contribution in [2.24, 2.45) is 23.7 Å². The Balaban J connectivity index is 1.59. The van der Waals surface area contributed by atoms with Crippen LogP contribution in [-0.2, 0) is 4.79 Å². The SMILES string of the molecule is C[C@H]1NC(=O)[C@@H]2CC(F)(F)[C@@H](C)[C@H](C=Cc3ccc(-c4ccccc4C#N)cn3)[C@H]12. The van der Waals surface area contributed by atoms with Gasteiger partial charge in [0, 0.05) is 41.6 Å². The average molecular weight is 407 g/mol. The Kier molecular flexibility index (Phi) is 5.15. The molecule has 1 aromatic carbocycles. The van der Waals surface area contributed by atoms with E-state index in [9.17, 15) is 18.8 Å². The van der Waals surface area contributed by atoms with Crippen LogP contribution in [0.25, 0.3) is 17.2 Å². The number of hydrogen-bond acceptors (Lipinski definition) is 3. The van der Waals surface area contributed by atoms with Crippen molar-refractivity contribution in [2.75, 3.05) is 0 Å². The summed E-state index contributed by atoms with van der Waals surface area (Å²) in [6, 6.07) is 13.0. The molecule has 2 aliphatic rings. The number of nitriles is 1. The molecule has 2 aromatic rings. The van der Waals surface area contributed by atoms with E-state index in [1.165, 1.54) is 0 Å². The van der Waals surface area contributed by atoms with Gasteiger partial charge in [0.15, 0.2) is 0 Å². The van der Waals surface area contributed by atoms with E-state index in [4.69, 9.17) is 0 Å². The largest absolute Gasteiger partial charge is 0.353 e. The molecule has 5 atom stereocenters. The smallest absolute Gasteiger partial charge is 0.252 e. The lowest BCUT2D eigenvalue weighted by Gasteiger charge is -2.42. The topological polar surface area (TPSA) is 65.8 Å². The first-order valence-electron chi connectivity index (χ1n) is 10.1. The van der Waals surface area contributed by atoms with Crippen LogP contribution in [0.15, 0.2) is 48.7 Å². The lowest BCUT2D eigenvalue weighted by atomic mass is 9.64. The van der Waals surface area contributed by atoms with Gasteiger partial charge in [-0.25, -0.2) is 8.78 Å². The van der Waals surface area contributed by atoms with E-state index in [0.29, 0.717) is 11.3 Å².